The fourth-order valence-corrected chi connectivity index (χ4v) is 2.98. The average Bonchev–Trinajstić information content (AvgIpc) is 2.68. The van der Waals surface area contributed by atoms with Crippen molar-refractivity contribution in [3.63, 3.8) is 0 Å². The van der Waals surface area contributed by atoms with Gasteiger partial charge in [0.15, 0.2) is 11.5 Å². The van der Waals surface area contributed by atoms with Crippen LogP contribution < -0.4 is 11.1 Å². The zero-order chi connectivity index (χ0) is 20.2. The number of rotatable bonds is 5. The molecule has 0 amide bonds. The molecule has 1 aromatic rings. The molecule has 0 aliphatic carbocycles. The second-order valence-corrected chi connectivity index (χ2v) is 7.47. The topological polar surface area (TPSA) is 90.9 Å². The summed E-state index contributed by atoms with van der Waals surface area (Å²) in [6.45, 7) is 8.92. The number of allylic oxidation sites excluding steroid dienone is 3. The first-order valence-corrected chi connectivity index (χ1v) is 10.5. The number of nitrogens with one attached hydrogen (secondary N) is 1. The van der Waals surface area contributed by atoms with E-state index in [0.29, 0.717) is 5.82 Å². The van der Waals surface area contributed by atoms with Gasteiger partial charge in [0.1, 0.15) is 11.9 Å². The smallest absolute Gasteiger partial charge is 0.183 e. The van der Waals surface area contributed by atoms with E-state index in [1.165, 1.54) is 49.7 Å². The molecule has 0 bridgehead atoms. The van der Waals surface area contributed by atoms with Crippen molar-refractivity contribution in [2.24, 2.45) is 0 Å². The number of nitrogens with zero attached hydrogens (tertiary/aromatic N) is 4. The lowest BCUT2D eigenvalue weighted by molar-refractivity contribution is 0.277. The van der Waals surface area contributed by atoms with Crippen LogP contribution in [0.5, 0.6) is 0 Å². The maximum absolute atomic E-state index is 9.03. The Morgan fingerprint density at radius 3 is 2.52 bits per heavy atom. The molecule has 2 heterocycles. The van der Waals surface area contributed by atoms with Gasteiger partial charge in [0, 0.05) is 0 Å². The summed E-state index contributed by atoms with van der Waals surface area (Å²) in [6, 6.07) is 2.00. The van der Waals surface area contributed by atoms with Gasteiger partial charge in [-0.3, -0.25) is 0 Å². The van der Waals surface area contributed by atoms with E-state index in [0.717, 1.165) is 11.4 Å². The molecule has 27 heavy (non-hydrogen) atoms. The van der Waals surface area contributed by atoms with E-state index in [9.17, 15) is 0 Å². The highest BCUT2D eigenvalue weighted by Crippen LogP contribution is 2.21. The Morgan fingerprint density at radius 1 is 1.37 bits per heavy atom. The summed E-state index contributed by atoms with van der Waals surface area (Å²) in [6.07, 6.45) is 10.6. The molecule has 0 spiro atoms. The van der Waals surface area contributed by atoms with E-state index in [1.807, 2.05) is 18.4 Å². The van der Waals surface area contributed by atoms with Crippen molar-refractivity contribution >= 4 is 23.4 Å². The molecule has 0 aromatic carbocycles. The van der Waals surface area contributed by atoms with E-state index in [4.69, 9.17) is 11.0 Å². The Balaban J connectivity index is 0.000000433. The van der Waals surface area contributed by atoms with Gasteiger partial charge in [-0.1, -0.05) is 18.9 Å². The third kappa shape index (κ3) is 8.46. The van der Waals surface area contributed by atoms with Crippen LogP contribution in [0.15, 0.2) is 28.4 Å². The highest BCUT2D eigenvalue weighted by molar-refractivity contribution is 8.02. The zero-order valence-electron chi connectivity index (χ0n) is 17.2. The van der Waals surface area contributed by atoms with Crippen molar-refractivity contribution in [1.82, 2.24) is 14.9 Å². The van der Waals surface area contributed by atoms with Crippen molar-refractivity contribution < 1.29 is 0 Å². The maximum Gasteiger partial charge on any atom is 0.183 e. The largest absolute Gasteiger partial charge is 0.382 e. The molecule has 0 saturated carbocycles. The third-order valence-corrected chi connectivity index (χ3v) is 5.15. The lowest BCUT2D eigenvalue weighted by Crippen LogP contribution is -2.24. The lowest BCUT2D eigenvalue weighted by atomic mass is 10.1. The summed E-state index contributed by atoms with van der Waals surface area (Å²) >= 11 is 1.54. The van der Waals surface area contributed by atoms with Gasteiger partial charge in [0.25, 0.3) is 0 Å². The first kappa shape index (κ1) is 23.0. The molecule has 0 unspecified atom stereocenters. The fourth-order valence-electron chi connectivity index (χ4n) is 2.49. The molecule has 1 aliphatic heterocycles. The van der Waals surface area contributed by atoms with Crippen LogP contribution in [0.2, 0.25) is 0 Å². The first-order chi connectivity index (χ1) is 12.9. The minimum Gasteiger partial charge on any atom is -0.382 e. The Morgan fingerprint density at radius 2 is 2.04 bits per heavy atom. The van der Waals surface area contributed by atoms with Gasteiger partial charge in [-0.2, -0.15) is 5.26 Å². The summed E-state index contributed by atoms with van der Waals surface area (Å²) in [5, 5.41) is 13.0. The first-order valence-electron chi connectivity index (χ1n) is 9.31. The predicted molar refractivity (Wildman–Crippen MR) is 116 cm³/mol. The summed E-state index contributed by atoms with van der Waals surface area (Å²) in [4.78, 5) is 10.5. The van der Waals surface area contributed by atoms with Gasteiger partial charge in [-0.05, 0) is 71.2 Å². The Kier molecular flexibility index (Phi) is 10.5. The molecule has 148 valence electrons. The molecule has 1 fully saturated rings. The molecule has 1 aromatic heterocycles. The number of piperidine rings is 1. The van der Waals surface area contributed by atoms with Gasteiger partial charge in [0.2, 0.25) is 0 Å². The number of nitrogen functional groups attached to an aromatic ring is 1. The van der Waals surface area contributed by atoms with E-state index in [2.05, 4.69) is 48.0 Å². The molecule has 2 rings (SSSR count). The monoisotopic (exact) mass is 388 g/mol. The maximum atomic E-state index is 9.03. The van der Waals surface area contributed by atoms with Gasteiger partial charge in [-0.25, -0.2) is 9.97 Å². The standard InChI is InChI=1S/C14H19N5S.C6H13N/c1-5-9(2)10(3)6-13(20-4)19-14-11(7-15)17-8-12(16)18-14;1-7-5-3-2-4-6-7/h6,8H,5H2,1-4H3,(H3,16,18,19);2-6H2,1H3/b10-9?,13-6-;. The van der Waals surface area contributed by atoms with Crippen molar-refractivity contribution in [3.05, 3.63) is 34.1 Å². The Hall–Kier alpha value is -2.04. The molecule has 1 aliphatic rings. The number of aromatic nitrogens is 2. The van der Waals surface area contributed by atoms with Crippen molar-refractivity contribution in [2.75, 3.05) is 37.4 Å². The second-order valence-electron chi connectivity index (χ2n) is 6.62. The fraction of sp³-hybridized carbons (Fsp3) is 0.550. The number of anilines is 2. The molecule has 0 radical (unpaired) electrons. The van der Waals surface area contributed by atoms with Crippen LogP contribution in [-0.4, -0.2) is 41.3 Å². The van der Waals surface area contributed by atoms with E-state index < -0.39 is 0 Å². The van der Waals surface area contributed by atoms with Gasteiger partial charge in [0.05, 0.1) is 11.2 Å². The number of hydrogen-bond acceptors (Lipinski definition) is 7. The van der Waals surface area contributed by atoms with Crippen molar-refractivity contribution in [1.29, 1.82) is 5.26 Å². The molecule has 1 saturated heterocycles. The van der Waals surface area contributed by atoms with Crippen molar-refractivity contribution in [3.8, 4) is 6.07 Å². The summed E-state index contributed by atoms with van der Waals surface area (Å²) in [5.74, 6) is 0.666. The number of nitrogens with two attached hydrogens (primary N) is 1. The molecule has 0 atom stereocenters. The number of likely N-dealkylation sites (tertiary alicyclic amines) is 1. The van der Waals surface area contributed by atoms with Crippen LogP contribution in [-0.2, 0) is 0 Å². The molecule has 3 N–H and O–H groups in total. The van der Waals surface area contributed by atoms with Crippen LogP contribution in [0.25, 0.3) is 0 Å². The lowest BCUT2D eigenvalue weighted by Gasteiger charge is -2.20. The Bertz CT molecular complexity index is 699. The minimum absolute atomic E-state index is 0.230. The Labute approximate surface area is 167 Å². The minimum atomic E-state index is 0.230. The van der Waals surface area contributed by atoms with E-state index in [-0.39, 0.29) is 11.5 Å². The van der Waals surface area contributed by atoms with Crippen LogP contribution >= 0.6 is 11.8 Å². The van der Waals surface area contributed by atoms with Gasteiger partial charge < -0.3 is 16.0 Å². The van der Waals surface area contributed by atoms with Crippen LogP contribution in [0.1, 0.15) is 52.1 Å². The van der Waals surface area contributed by atoms with Crippen LogP contribution in [0.3, 0.4) is 0 Å². The van der Waals surface area contributed by atoms with E-state index >= 15 is 0 Å². The van der Waals surface area contributed by atoms with Crippen molar-refractivity contribution in [2.45, 2.75) is 46.5 Å². The molecular weight excluding hydrogens is 356 g/mol. The number of nitriles is 1. The predicted octanol–water partition coefficient (Wildman–Crippen LogP) is 4.40. The van der Waals surface area contributed by atoms with Crippen LogP contribution in [0.4, 0.5) is 11.6 Å². The van der Waals surface area contributed by atoms with Gasteiger partial charge >= 0.3 is 0 Å². The molecule has 6 nitrogen and oxygen atoms in total. The summed E-state index contributed by atoms with van der Waals surface area (Å²) < 4.78 is 0. The highest BCUT2D eigenvalue weighted by atomic mass is 32.2. The van der Waals surface area contributed by atoms with E-state index in [1.54, 1.807) is 11.8 Å². The normalized spacial score (nSPS) is 15.9. The quantitative estimate of drug-likeness (QED) is 0.723. The molecular formula is C20H32N6S. The number of thioether (sulfide) groups is 1. The zero-order valence-corrected chi connectivity index (χ0v) is 18.0. The third-order valence-electron chi connectivity index (χ3n) is 4.49. The second kappa shape index (κ2) is 12.4. The number of hydrogen-bond donors (Lipinski definition) is 2. The molecule has 7 heteroatoms. The summed E-state index contributed by atoms with van der Waals surface area (Å²) in [5.41, 5.74) is 8.35. The SMILES string of the molecule is CCC(C)=C(C)/C=C(/Nc1nc(N)cnc1C#N)SC.CN1CCCCC1. The van der Waals surface area contributed by atoms with Crippen LogP contribution in [0, 0.1) is 11.3 Å². The highest BCUT2D eigenvalue weighted by Gasteiger charge is 2.08. The van der Waals surface area contributed by atoms with Gasteiger partial charge in [-0.15, -0.1) is 11.8 Å². The average molecular weight is 389 g/mol. The summed E-state index contributed by atoms with van der Waals surface area (Å²) in [7, 11) is 2.19.